The molecule has 7 heteroatoms. The summed E-state index contributed by atoms with van der Waals surface area (Å²) in [6.07, 6.45) is 1.54. The number of hydrogen-bond acceptors (Lipinski definition) is 6. The van der Waals surface area contributed by atoms with Crippen molar-refractivity contribution in [1.82, 2.24) is 9.97 Å². The first-order valence-corrected chi connectivity index (χ1v) is 8.73. The van der Waals surface area contributed by atoms with Gasteiger partial charge in [-0.1, -0.05) is 17.8 Å². The minimum absolute atomic E-state index is 0.0785. The number of thioether (sulfide) groups is 1. The lowest BCUT2D eigenvalue weighted by molar-refractivity contribution is -0.115. The Morgan fingerprint density at radius 1 is 1.35 bits per heavy atom. The summed E-state index contributed by atoms with van der Waals surface area (Å²) >= 11 is 2.99. The number of ether oxygens (including phenoxy) is 1. The second kappa shape index (κ2) is 6.97. The van der Waals surface area contributed by atoms with Gasteiger partial charge in [0.25, 0.3) is 0 Å². The molecule has 2 heterocycles. The fourth-order valence-electron chi connectivity index (χ4n) is 2.03. The number of nitrogens with zero attached hydrogens (tertiary/aromatic N) is 2. The lowest BCUT2D eigenvalue weighted by atomic mass is 10.3. The molecule has 3 aromatic rings. The van der Waals surface area contributed by atoms with Gasteiger partial charge in [-0.25, -0.2) is 9.97 Å². The Morgan fingerprint density at radius 3 is 3.04 bits per heavy atom. The molecule has 0 radical (unpaired) electrons. The number of fused-ring (bicyclic) bond motifs is 1. The average Bonchev–Trinajstić information content (AvgIpc) is 3.04. The van der Waals surface area contributed by atoms with E-state index in [1.54, 1.807) is 24.5 Å². The maximum atomic E-state index is 12.4. The third kappa shape index (κ3) is 3.62. The van der Waals surface area contributed by atoms with Gasteiger partial charge >= 0.3 is 0 Å². The van der Waals surface area contributed by atoms with E-state index in [4.69, 9.17) is 4.74 Å². The summed E-state index contributed by atoms with van der Waals surface area (Å²) in [6.45, 7) is 1.86. The summed E-state index contributed by atoms with van der Waals surface area (Å²) in [5.74, 6) is 0.629. The van der Waals surface area contributed by atoms with Crippen LogP contribution >= 0.6 is 23.1 Å². The summed E-state index contributed by atoms with van der Waals surface area (Å²) in [6, 6.07) is 9.28. The molecule has 3 rings (SSSR count). The van der Waals surface area contributed by atoms with E-state index < -0.39 is 0 Å². The van der Waals surface area contributed by atoms with E-state index >= 15 is 0 Å². The first kappa shape index (κ1) is 15.8. The molecule has 5 nitrogen and oxygen atoms in total. The van der Waals surface area contributed by atoms with E-state index in [9.17, 15) is 4.79 Å². The maximum absolute atomic E-state index is 12.4. The van der Waals surface area contributed by atoms with Crippen molar-refractivity contribution in [2.75, 3.05) is 12.4 Å². The molecular formula is C16H15N3O2S2. The summed E-state index contributed by atoms with van der Waals surface area (Å²) < 4.78 is 5.16. The number of anilines is 1. The molecule has 0 fully saturated rings. The molecule has 0 saturated carbocycles. The predicted octanol–water partition coefficient (Wildman–Crippen LogP) is 3.82. The Kier molecular flexibility index (Phi) is 4.78. The average molecular weight is 345 g/mol. The molecule has 0 aliphatic rings. The third-order valence-corrected chi connectivity index (χ3v) is 5.16. The zero-order chi connectivity index (χ0) is 16.2. The van der Waals surface area contributed by atoms with Gasteiger partial charge in [0.2, 0.25) is 5.91 Å². The van der Waals surface area contributed by atoms with Gasteiger partial charge < -0.3 is 10.1 Å². The molecule has 0 aliphatic heterocycles. The molecule has 0 bridgehead atoms. The highest BCUT2D eigenvalue weighted by molar-refractivity contribution is 8.00. The van der Waals surface area contributed by atoms with Crippen LogP contribution in [0.1, 0.15) is 6.92 Å². The van der Waals surface area contributed by atoms with Gasteiger partial charge in [0, 0.05) is 17.1 Å². The molecule has 1 amide bonds. The molecule has 1 N–H and O–H groups in total. The second-order valence-electron chi connectivity index (χ2n) is 4.80. The normalized spacial score (nSPS) is 12.1. The number of benzene rings is 1. The van der Waals surface area contributed by atoms with Gasteiger partial charge in [-0.3, -0.25) is 4.79 Å². The Morgan fingerprint density at radius 2 is 2.22 bits per heavy atom. The number of amides is 1. The number of carbonyl (C=O) groups excluding carboxylic acids is 1. The molecule has 23 heavy (non-hydrogen) atoms. The van der Waals surface area contributed by atoms with Crippen molar-refractivity contribution in [2.24, 2.45) is 0 Å². The number of carbonyl (C=O) groups is 1. The Balaban J connectivity index is 1.71. The lowest BCUT2D eigenvalue weighted by Crippen LogP contribution is -2.22. The number of methoxy groups -OCH3 is 1. The summed E-state index contributed by atoms with van der Waals surface area (Å²) in [4.78, 5) is 21.8. The number of rotatable bonds is 5. The van der Waals surface area contributed by atoms with Crippen molar-refractivity contribution in [1.29, 1.82) is 0 Å². The Bertz CT molecular complexity index is 835. The smallest absolute Gasteiger partial charge is 0.237 e. The van der Waals surface area contributed by atoms with Crippen LogP contribution in [0.4, 0.5) is 5.69 Å². The Hall–Kier alpha value is -2.12. The quantitative estimate of drug-likeness (QED) is 0.562. The van der Waals surface area contributed by atoms with Crippen molar-refractivity contribution in [3.05, 3.63) is 42.0 Å². The van der Waals surface area contributed by atoms with Crippen molar-refractivity contribution in [2.45, 2.75) is 17.2 Å². The molecule has 1 atom stereocenters. The number of thiophene rings is 1. The fraction of sp³-hybridized carbons (Fsp3) is 0.188. The highest BCUT2D eigenvalue weighted by Crippen LogP contribution is 2.30. The number of nitrogens with one attached hydrogen (secondary N) is 1. The van der Waals surface area contributed by atoms with E-state index in [2.05, 4.69) is 15.3 Å². The number of aromatic nitrogens is 2. The van der Waals surface area contributed by atoms with Crippen LogP contribution in [0.3, 0.4) is 0 Å². The lowest BCUT2D eigenvalue weighted by Gasteiger charge is -2.12. The predicted molar refractivity (Wildman–Crippen MR) is 94.4 cm³/mol. The van der Waals surface area contributed by atoms with Crippen molar-refractivity contribution in [3.63, 3.8) is 0 Å². The van der Waals surface area contributed by atoms with Gasteiger partial charge in [-0.2, -0.15) is 0 Å². The molecular weight excluding hydrogens is 330 g/mol. The van der Waals surface area contributed by atoms with E-state index in [0.717, 1.165) is 15.2 Å². The van der Waals surface area contributed by atoms with Gasteiger partial charge in [-0.05, 0) is 30.5 Å². The largest absolute Gasteiger partial charge is 0.497 e. The topological polar surface area (TPSA) is 64.1 Å². The second-order valence-corrected chi connectivity index (χ2v) is 7.02. The van der Waals surface area contributed by atoms with Crippen LogP contribution in [-0.4, -0.2) is 28.2 Å². The molecule has 2 aromatic heterocycles. The Labute approximate surface area is 142 Å². The SMILES string of the molecule is COc1cccc(NC(=O)[C@H](C)Sc2ncnc3sccc23)c1. The number of hydrogen-bond donors (Lipinski definition) is 1. The highest BCUT2D eigenvalue weighted by atomic mass is 32.2. The van der Waals surface area contributed by atoms with E-state index in [0.29, 0.717) is 11.4 Å². The first-order chi connectivity index (χ1) is 11.2. The molecule has 118 valence electrons. The van der Waals surface area contributed by atoms with Crippen LogP contribution < -0.4 is 10.1 Å². The van der Waals surface area contributed by atoms with Crippen molar-refractivity contribution >= 4 is 44.9 Å². The first-order valence-electron chi connectivity index (χ1n) is 6.97. The van der Waals surface area contributed by atoms with E-state index in [-0.39, 0.29) is 11.2 Å². The maximum Gasteiger partial charge on any atom is 0.237 e. The van der Waals surface area contributed by atoms with Gasteiger partial charge in [0.05, 0.1) is 12.4 Å². The zero-order valence-electron chi connectivity index (χ0n) is 12.6. The van der Waals surface area contributed by atoms with Gasteiger partial charge in [-0.15, -0.1) is 11.3 Å². The zero-order valence-corrected chi connectivity index (χ0v) is 14.3. The summed E-state index contributed by atoms with van der Waals surface area (Å²) in [7, 11) is 1.60. The van der Waals surface area contributed by atoms with Crippen molar-refractivity contribution in [3.8, 4) is 5.75 Å². The minimum Gasteiger partial charge on any atom is -0.497 e. The highest BCUT2D eigenvalue weighted by Gasteiger charge is 2.17. The molecule has 0 aliphatic carbocycles. The standard InChI is InChI=1S/C16H15N3O2S2/c1-10(14(20)19-11-4-3-5-12(8-11)21-2)23-16-13-6-7-22-15(13)17-9-18-16/h3-10H,1-2H3,(H,19,20)/t10-/m0/s1. The minimum atomic E-state index is -0.279. The molecule has 0 unspecified atom stereocenters. The molecule has 0 saturated heterocycles. The molecule has 0 spiro atoms. The monoisotopic (exact) mass is 345 g/mol. The molecule has 1 aromatic carbocycles. The van der Waals surface area contributed by atoms with Crippen LogP contribution in [0.5, 0.6) is 5.75 Å². The van der Waals surface area contributed by atoms with Crippen LogP contribution in [0, 0.1) is 0 Å². The van der Waals surface area contributed by atoms with E-state index in [1.807, 2.05) is 36.6 Å². The summed E-state index contributed by atoms with van der Waals surface area (Å²) in [5, 5.41) is 6.41. The summed E-state index contributed by atoms with van der Waals surface area (Å²) in [5.41, 5.74) is 0.713. The van der Waals surface area contributed by atoms with Gasteiger partial charge in [0.15, 0.2) is 0 Å². The van der Waals surface area contributed by atoms with Crippen molar-refractivity contribution < 1.29 is 9.53 Å². The van der Waals surface area contributed by atoms with Crippen LogP contribution in [0.15, 0.2) is 47.1 Å². The van der Waals surface area contributed by atoms with Crippen LogP contribution in [0.25, 0.3) is 10.2 Å². The fourth-order valence-corrected chi connectivity index (χ4v) is 3.72. The van der Waals surface area contributed by atoms with Gasteiger partial charge in [0.1, 0.15) is 21.9 Å². The van der Waals surface area contributed by atoms with E-state index in [1.165, 1.54) is 18.1 Å². The third-order valence-electron chi connectivity index (χ3n) is 3.22. The van der Waals surface area contributed by atoms with Crippen LogP contribution in [-0.2, 0) is 4.79 Å². The van der Waals surface area contributed by atoms with Crippen LogP contribution in [0.2, 0.25) is 0 Å².